The van der Waals surface area contributed by atoms with E-state index in [1.54, 1.807) is 0 Å². The zero-order valence-corrected chi connectivity index (χ0v) is 36.7. The Morgan fingerprint density at radius 3 is 0.537 bits per heavy atom. The van der Waals surface area contributed by atoms with Crippen molar-refractivity contribution < 1.29 is 28.8 Å². The van der Waals surface area contributed by atoms with Crippen LogP contribution in [-0.4, -0.2) is 30.7 Å². The Bertz CT molecular complexity index is 1670. The van der Waals surface area contributed by atoms with Crippen molar-refractivity contribution in [2.24, 2.45) is 0 Å². The van der Waals surface area contributed by atoms with Crippen molar-refractivity contribution in [2.45, 2.75) is 148 Å². The first-order valence-corrected chi connectivity index (χ1v) is 23.7. The molecule has 0 aliphatic carbocycles. The maximum Gasteiger partial charge on any atom is 0.193 e. The van der Waals surface area contributed by atoms with Gasteiger partial charge < -0.3 is 0 Å². The third-order valence-corrected chi connectivity index (χ3v) is 14.5. The molecule has 0 aliphatic heterocycles. The van der Waals surface area contributed by atoms with Crippen LogP contribution in [0.3, 0.4) is 0 Å². The van der Waals surface area contributed by atoms with E-state index in [0.717, 1.165) is 103 Å². The lowest BCUT2D eigenvalue weighted by Gasteiger charge is -2.19. The lowest BCUT2D eigenvalue weighted by atomic mass is 9.94. The minimum Gasteiger partial charge on any atom is -0.287 e. The van der Waals surface area contributed by atoms with Gasteiger partial charge in [-0.1, -0.05) is 112 Å². The molecule has 0 saturated heterocycles. The molecule has 6 nitrogen and oxygen atoms in total. The fourth-order valence-electron chi connectivity index (χ4n) is 5.76. The lowest BCUT2D eigenvalue weighted by Crippen LogP contribution is -1.98. The molecule has 4 aromatic carbocycles. The summed E-state index contributed by atoms with van der Waals surface area (Å²) in [5.41, 5.74) is 0. The van der Waals surface area contributed by atoms with E-state index in [1.165, 1.54) is 0 Å². The first-order chi connectivity index (χ1) is 26.0. The summed E-state index contributed by atoms with van der Waals surface area (Å²) in [6.45, 7) is 11.8. The second kappa shape index (κ2) is 21.9. The molecule has 0 N–H and O–H groups in total. The highest BCUT2D eigenvalue weighted by Gasteiger charge is 2.23. The molecule has 4 rings (SSSR count). The normalized spacial score (nSPS) is 11.4. The molecule has 0 spiro atoms. The smallest absolute Gasteiger partial charge is 0.193 e. The Kier molecular flexibility index (Phi) is 18.1. The molecule has 0 fully saturated rings. The summed E-state index contributed by atoms with van der Waals surface area (Å²) in [6, 6.07) is 11.9. The van der Waals surface area contributed by atoms with Crippen molar-refractivity contribution in [3.05, 3.63) is 36.4 Å². The van der Waals surface area contributed by atoms with Crippen LogP contribution in [0.2, 0.25) is 0 Å². The van der Waals surface area contributed by atoms with Crippen LogP contribution in [0, 0.1) is 0 Å². The maximum atomic E-state index is 13.1. The van der Waals surface area contributed by atoms with Gasteiger partial charge >= 0.3 is 0 Å². The van der Waals surface area contributed by atoms with Crippen molar-refractivity contribution >= 4 is 134 Å². The highest BCUT2D eigenvalue weighted by Crippen LogP contribution is 2.48. The molecule has 288 valence electrons. The van der Waals surface area contributed by atoms with Gasteiger partial charge in [-0.25, -0.2) is 0 Å². The van der Waals surface area contributed by atoms with E-state index >= 15 is 0 Å². The van der Waals surface area contributed by atoms with Gasteiger partial charge in [-0.2, -0.15) is 0 Å². The average molecular weight is 841 g/mol. The predicted molar refractivity (Wildman–Crippen MR) is 234 cm³/mol. The fraction of sp³-hybridized carbons (Fsp3) is 0.429. The maximum absolute atomic E-state index is 13.1. The van der Waals surface area contributed by atoms with Crippen molar-refractivity contribution in [2.75, 3.05) is 0 Å². The van der Waals surface area contributed by atoms with Crippen LogP contribution >= 0.6 is 70.6 Å². The number of carbonyl (C=O) groups is 6. The molecule has 0 unspecified atom stereocenters. The molecule has 0 atom stereocenters. The summed E-state index contributed by atoms with van der Waals surface area (Å²) >= 11 is 6.86. The number of hydrogen-bond acceptors (Lipinski definition) is 12. The van der Waals surface area contributed by atoms with Gasteiger partial charge in [0, 0.05) is 67.9 Å². The Labute approximate surface area is 344 Å². The minimum atomic E-state index is 0.00722. The Balaban J connectivity index is 2.20. The highest BCUT2D eigenvalue weighted by atomic mass is 32.2. The standard InChI is InChI=1S/C42H48O6S6/c1-7-13-37(43)49-31-19-25-26(20-32(31)50-38(44)14-8-2)28-22-34(52-40(46)16-10-4)36(54-42(48)18-12-6)24-30(28)29-23-35(53-41(47)17-11-5)33(21-27(25)29)51-39(45)15-9-3/h19-24H,7-18H2,1-6H3. The number of thioether (sulfide) groups is 6. The van der Waals surface area contributed by atoms with Gasteiger partial charge in [0.1, 0.15) is 0 Å². The van der Waals surface area contributed by atoms with Crippen LogP contribution in [-0.2, 0) is 28.8 Å². The third-order valence-electron chi connectivity index (χ3n) is 8.19. The second-order valence-electron chi connectivity index (χ2n) is 12.9. The van der Waals surface area contributed by atoms with Crippen LogP contribution in [0.15, 0.2) is 65.8 Å². The zero-order chi connectivity index (χ0) is 39.4. The van der Waals surface area contributed by atoms with E-state index in [2.05, 4.69) is 0 Å². The largest absolute Gasteiger partial charge is 0.287 e. The topological polar surface area (TPSA) is 102 Å². The average Bonchev–Trinajstić information content (AvgIpc) is 3.10. The molecule has 0 radical (unpaired) electrons. The molecule has 0 amide bonds. The van der Waals surface area contributed by atoms with Crippen LogP contribution in [0.25, 0.3) is 32.3 Å². The predicted octanol–water partition coefficient (Wildman–Crippen LogP) is 13.7. The molecule has 12 heteroatoms. The minimum absolute atomic E-state index is 0.00722. The van der Waals surface area contributed by atoms with E-state index in [1.807, 2.05) is 77.9 Å². The van der Waals surface area contributed by atoms with Gasteiger partial charge in [-0.05, 0) is 107 Å². The Morgan fingerprint density at radius 1 is 0.296 bits per heavy atom. The van der Waals surface area contributed by atoms with Gasteiger partial charge in [0.25, 0.3) is 0 Å². The van der Waals surface area contributed by atoms with Crippen molar-refractivity contribution in [3.63, 3.8) is 0 Å². The molecule has 0 aromatic heterocycles. The van der Waals surface area contributed by atoms with Crippen LogP contribution < -0.4 is 0 Å². The summed E-state index contributed by atoms with van der Waals surface area (Å²) in [6.07, 6.45) is 6.56. The Morgan fingerprint density at radius 2 is 0.426 bits per heavy atom. The Hall–Kier alpha value is -2.22. The van der Waals surface area contributed by atoms with Crippen LogP contribution in [0.4, 0.5) is 0 Å². The van der Waals surface area contributed by atoms with Gasteiger partial charge in [-0.3, -0.25) is 28.8 Å². The molecule has 4 aromatic rings. The monoisotopic (exact) mass is 840 g/mol. The quantitative estimate of drug-likeness (QED) is 0.0704. The fourth-order valence-corrected chi connectivity index (χ4v) is 11.8. The molecule has 0 aliphatic rings. The second-order valence-corrected chi connectivity index (χ2v) is 19.5. The van der Waals surface area contributed by atoms with E-state index in [-0.39, 0.29) is 30.7 Å². The van der Waals surface area contributed by atoms with E-state index < -0.39 is 0 Å². The molecular weight excluding hydrogens is 793 g/mol. The number of carbonyl (C=O) groups excluding carboxylic acids is 6. The van der Waals surface area contributed by atoms with Gasteiger partial charge in [0.15, 0.2) is 30.7 Å². The zero-order valence-electron chi connectivity index (χ0n) is 31.8. The molecular formula is C42H48O6S6. The molecule has 0 heterocycles. The van der Waals surface area contributed by atoms with Gasteiger partial charge in [-0.15, -0.1) is 0 Å². The number of benzene rings is 4. The first-order valence-electron chi connectivity index (χ1n) is 18.8. The SMILES string of the molecule is CCCC(=O)Sc1cc2c3cc(SC(=O)CCC)c(SC(=O)CCC)cc3c3cc(SC(=O)CCC)c(SC(=O)CCC)cc3c2cc1SC(=O)CCC. The third kappa shape index (κ3) is 11.9. The number of hydrogen-bond donors (Lipinski definition) is 0. The summed E-state index contributed by atoms with van der Waals surface area (Å²) < 4.78 is 0. The summed E-state index contributed by atoms with van der Waals surface area (Å²) in [5.74, 6) is 0. The van der Waals surface area contributed by atoms with Crippen molar-refractivity contribution in [1.29, 1.82) is 0 Å². The van der Waals surface area contributed by atoms with Crippen molar-refractivity contribution in [1.82, 2.24) is 0 Å². The van der Waals surface area contributed by atoms with E-state index in [4.69, 9.17) is 0 Å². The number of fused-ring (bicyclic) bond motifs is 6. The van der Waals surface area contributed by atoms with E-state index in [0.29, 0.717) is 106 Å². The van der Waals surface area contributed by atoms with Crippen LogP contribution in [0.5, 0.6) is 0 Å². The molecule has 54 heavy (non-hydrogen) atoms. The summed E-state index contributed by atoms with van der Waals surface area (Å²) in [7, 11) is 0. The van der Waals surface area contributed by atoms with Crippen molar-refractivity contribution in [3.8, 4) is 0 Å². The van der Waals surface area contributed by atoms with Crippen LogP contribution in [0.1, 0.15) is 119 Å². The lowest BCUT2D eigenvalue weighted by molar-refractivity contribution is -0.111. The number of rotatable bonds is 18. The van der Waals surface area contributed by atoms with E-state index in [9.17, 15) is 28.8 Å². The molecule has 0 bridgehead atoms. The molecule has 0 saturated carbocycles. The first kappa shape index (κ1) is 44.5. The highest BCUT2D eigenvalue weighted by molar-refractivity contribution is 8.17. The summed E-state index contributed by atoms with van der Waals surface area (Å²) in [5, 5.41) is 5.02. The van der Waals surface area contributed by atoms with Gasteiger partial charge in [0.05, 0.1) is 0 Å². The van der Waals surface area contributed by atoms with Gasteiger partial charge in [0.2, 0.25) is 0 Å². The summed E-state index contributed by atoms with van der Waals surface area (Å²) in [4.78, 5) is 82.9.